The van der Waals surface area contributed by atoms with Crippen LogP contribution < -0.4 is 5.32 Å². The molecule has 0 radical (unpaired) electrons. The second-order valence-corrected chi connectivity index (χ2v) is 6.31. The van der Waals surface area contributed by atoms with Crippen LogP contribution in [0.15, 0.2) is 42.5 Å². The molecule has 0 aliphatic heterocycles. The van der Waals surface area contributed by atoms with Crippen molar-refractivity contribution in [3.8, 4) is 0 Å². The summed E-state index contributed by atoms with van der Waals surface area (Å²) < 4.78 is 12.8. The maximum Gasteiger partial charge on any atom is 0.220 e. The van der Waals surface area contributed by atoms with E-state index in [1.54, 1.807) is 0 Å². The lowest BCUT2D eigenvalue weighted by Crippen LogP contribution is -2.25. The summed E-state index contributed by atoms with van der Waals surface area (Å²) in [4.78, 5) is 23.8. The second kappa shape index (κ2) is 9.11. The molecule has 0 spiro atoms. The molecule has 2 rings (SSSR count). The molecule has 0 unspecified atom stereocenters. The van der Waals surface area contributed by atoms with Crippen molar-refractivity contribution in [3.63, 3.8) is 0 Å². The van der Waals surface area contributed by atoms with Gasteiger partial charge >= 0.3 is 0 Å². The Morgan fingerprint density at radius 1 is 1.00 bits per heavy atom. The van der Waals surface area contributed by atoms with Crippen LogP contribution in [0.1, 0.15) is 46.3 Å². The van der Waals surface area contributed by atoms with Crippen LogP contribution in [0.4, 0.5) is 4.39 Å². The number of carbonyl (C=O) groups excluding carboxylic acids is 2. The summed E-state index contributed by atoms with van der Waals surface area (Å²) in [5.41, 5.74) is 4.26. The highest BCUT2D eigenvalue weighted by Gasteiger charge is 2.09. The van der Waals surface area contributed by atoms with Crippen molar-refractivity contribution in [3.05, 3.63) is 70.5 Å². The number of amides is 1. The Kier molecular flexibility index (Phi) is 6.87. The van der Waals surface area contributed by atoms with Gasteiger partial charge in [-0.05, 0) is 62.1 Å². The summed E-state index contributed by atoms with van der Waals surface area (Å²) in [6.07, 6.45) is 2.07. The van der Waals surface area contributed by atoms with Gasteiger partial charge in [0.2, 0.25) is 5.91 Å². The van der Waals surface area contributed by atoms with Gasteiger partial charge in [0.1, 0.15) is 5.82 Å². The van der Waals surface area contributed by atoms with E-state index in [9.17, 15) is 14.0 Å². The summed E-state index contributed by atoms with van der Waals surface area (Å²) in [7, 11) is 0. The van der Waals surface area contributed by atoms with Crippen molar-refractivity contribution in [2.45, 2.75) is 39.5 Å². The first-order chi connectivity index (χ1) is 12.0. The molecule has 1 N–H and O–H groups in total. The molecule has 0 aliphatic rings. The molecule has 0 heterocycles. The molecule has 2 aromatic rings. The van der Waals surface area contributed by atoms with Gasteiger partial charge in [-0.1, -0.05) is 23.8 Å². The molecule has 0 aromatic heterocycles. The molecule has 0 saturated heterocycles. The maximum absolute atomic E-state index is 12.8. The normalized spacial score (nSPS) is 10.5. The Bertz CT molecular complexity index is 738. The first-order valence-electron chi connectivity index (χ1n) is 8.57. The van der Waals surface area contributed by atoms with E-state index < -0.39 is 0 Å². The van der Waals surface area contributed by atoms with Crippen LogP contribution in [0.2, 0.25) is 0 Å². The molecule has 0 aliphatic carbocycles. The third-order valence-corrected chi connectivity index (χ3v) is 4.19. The van der Waals surface area contributed by atoms with Crippen LogP contribution in [0, 0.1) is 19.7 Å². The summed E-state index contributed by atoms with van der Waals surface area (Å²) in [5, 5.41) is 2.85. The maximum atomic E-state index is 12.8. The number of benzene rings is 2. The molecule has 132 valence electrons. The van der Waals surface area contributed by atoms with Crippen LogP contribution in [-0.2, 0) is 11.2 Å². The largest absolute Gasteiger partial charge is 0.356 e. The number of hydrogen-bond donors (Lipinski definition) is 1. The van der Waals surface area contributed by atoms with Crippen molar-refractivity contribution in [1.29, 1.82) is 0 Å². The van der Waals surface area contributed by atoms with Gasteiger partial charge in [-0.2, -0.15) is 0 Å². The van der Waals surface area contributed by atoms with E-state index in [1.165, 1.54) is 41.0 Å². The molecule has 0 atom stereocenters. The topological polar surface area (TPSA) is 46.2 Å². The molecule has 0 fully saturated rings. The van der Waals surface area contributed by atoms with E-state index >= 15 is 0 Å². The molecule has 0 saturated carbocycles. The zero-order valence-corrected chi connectivity index (χ0v) is 14.8. The zero-order chi connectivity index (χ0) is 18.2. The summed E-state index contributed by atoms with van der Waals surface area (Å²) in [5.74, 6) is -0.653. The first-order valence-corrected chi connectivity index (χ1v) is 8.57. The van der Waals surface area contributed by atoms with Crippen LogP contribution >= 0.6 is 0 Å². The van der Waals surface area contributed by atoms with Crippen molar-refractivity contribution < 1.29 is 14.0 Å². The highest BCUT2D eigenvalue weighted by atomic mass is 19.1. The van der Waals surface area contributed by atoms with Gasteiger partial charge in [-0.3, -0.25) is 9.59 Å². The number of hydrogen-bond acceptors (Lipinski definition) is 2. The standard InChI is InChI=1S/C21H24FNO2/c1-15-5-6-17(16(2)14-15)4-3-13-23-21(25)12-11-20(24)18-7-9-19(22)10-8-18/h5-10,14H,3-4,11-13H2,1-2H3,(H,23,25). The molecular formula is C21H24FNO2. The second-order valence-electron chi connectivity index (χ2n) is 6.31. The number of rotatable bonds is 8. The monoisotopic (exact) mass is 341 g/mol. The fourth-order valence-corrected chi connectivity index (χ4v) is 2.73. The van der Waals surface area contributed by atoms with Crippen molar-refractivity contribution in [2.24, 2.45) is 0 Å². The van der Waals surface area contributed by atoms with Crippen LogP contribution in [0.3, 0.4) is 0 Å². The number of ketones is 1. The lowest BCUT2D eigenvalue weighted by atomic mass is 10.0. The van der Waals surface area contributed by atoms with Gasteiger partial charge in [-0.25, -0.2) is 4.39 Å². The average Bonchev–Trinajstić information content (AvgIpc) is 2.58. The molecule has 25 heavy (non-hydrogen) atoms. The SMILES string of the molecule is Cc1ccc(CCCNC(=O)CCC(=O)c2ccc(F)cc2)c(C)c1. The Balaban J connectivity index is 1.67. The number of aryl methyl sites for hydroxylation is 3. The predicted octanol–water partition coefficient (Wildman–Crippen LogP) is 4.15. The summed E-state index contributed by atoms with van der Waals surface area (Å²) >= 11 is 0. The molecule has 1 amide bonds. The third-order valence-electron chi connectivity index (χ3n) is 4.19. The molecule has 2 aromatic carbocycles. The highest BCUT2D eigenvalue weighted by Crippen LogP contribution is 2.12. The fraction of sp³-hybridized carbons (Fsp3) is 0.333. The molecule has 0 bridgehead atoms. The third kappa shape index (κ3) is 6.14. The molecule has 3 nitrogen and oxygen atoms in total. The van der Waals surface area contributed by atoms with Gasteiger partial charge in [0.25, 0.3) is 0 Å². The first kappa shape index (κ1) is 18.8. The van der Waals surface area contributed by atoms with Crippen LogP contribution in [-0.4, -0.2) is 18.2 Å². The van der Waals surface area contributed by atoms with E-state index in [0.717, 1.165) is 12.8 Å². The smallest absolute Gasteiger partial charge is 0.220 e. The summed E-state index contributed by atoms with van der Waals surface area (Å²) in [6.45, 7) is 4.77. The summed E-state index contributed by atoms with van der Waals surface area (Å²) in [6, 6.07) is 11.8. The van der Waals surface area contributed by atoms with Gasteiger partial charge in [-0.15, -0.1) is 0 Å². The minimum Gasteiger partial charge on any atom is -0.356 e. The Morgan fingerprint density at radius 3 is 2.40 bits per heavy atom. The number of nitrogens with one attached hydrogen (secondary N) is 1. The lowest BCUT2D eigenvalue weighted by Gasteiger charge is -2.08. The quantitative estimate of drug-likeness (QED) is 0.579. The lowest BCUT2D eigenvalue weighted by molar-refractivity contribution is -0.121. The number of Topliss-reactive ketones (excluding diaryl/α,β-unsaturated/α-hetero) is 1. The van der Waals surface area contributed by atoms with Crippen molar-refractivity contribution in [1.82, 2.24) is 5.32 Å². The van der Waals surface area contributed by atoms with E-state index in [2.05, 4.69) is 37.4 Å². The fourth-order valence-electron chi connectivity index (χ4n) is 2.73. The van der Waals surface area contributed by atoms with Gasteiger partial charge in [0, 0.05) is 24.9 Å². The van der Waals surface area contributed by atoms with Crippen LogP contribution in [0.5, 0.6) is 0 Å². The van der Waals surface area contributed by atoms with E-state index in [4.69, 9.17) is 0 Å². The molecular weight excluding hydrogens is 317 g/mol. The minimum absolute atomic E-state index is 0.129. The van der Waals surface area contributed by atoms with Crippen molar-refractivity contribution >= 4 is 11.7 Å². The zero-order valence-electron chi connectivity index (χ0n) is 14.8. The van der Waals surface area contributed by atoms with E-state index in [0.29, 0.717) is 12.1 Å². The van der Waals surface area contributed by atoms with Crippen LogP contribution in [0.25, 0.3) is 0 Å². The van der Waals surface area contributed by atoms with Gasteiger partial charge in [0.15, 0.2) is 5.78 Å². The highest BCUT2D eigenvalue weighted by molar-refractivity contribution is 5.97. The van der Waals surface area contributed by atoms with Gasteiger partial charge < -0.3 is 5.32 Å². The average molecular weight is 341 g/mol. The van der Waals surface area contributed by atoms with E-state index in [1.807, 2.05) is 0 Å². The predicted molar refractivity (Wildman–Crippen MR) is 97.2 cm³/mol. The minimum atomic E-state index is -0.377. The van der Waals surface area contributed by atoms with Gasteiger partial charge in [0.05, 0.1) is 0 Å². The van der Waals surface area contributed by atoms with E-state index in [-0.39, 0.29) is 30.3 Å². The van der Waals surface area contributed by atoms with Crippen molar-refractivity contribution in [2.75, 3.05) is 6.54 Å². The number of halogens is 1. The number of carbonyl (C=O) groups is 2. The molecule has 4 heteroatoms. The Labute approximate surface area is 148 Å². The Hall–Kier alpha value is -2.49. The Morgan fingerprint density at radius 2 is 1.72 bits per heavy atom.